The average Bonchev–Trinajstić information content (AvgIpc) is 2.41. The quantitative estimate of drug-likeness (QED) is 0.903. The first kappa shape index (κ1) is 12.5. The Balaban J connectivity index is 2.24. The molecule has 0 aromatic heterocycles. The molecule has 0 amide bonds. The molecule has 0 radical (unpaired) electrons. The van der Waals surface area contributed by atoms with Crippen LogP contribution in [0.25, 0.3) is 0 Å². The van der Waals surface area contributed by atoms with Crippen LogP contribution in [0.2, 0.25) is 0 Å². The second kappa shape index (κ2) is 5.60. The summed E-state index contributed by atoms with van der Waals surface area (Å²) in [5.74, 6) is -2.06. The Hall–Kier alpha value is -1.94. The van der Waals surface area contributed by atoms with Gasteiger partial charge >= 0.3 is 0 Å². The molecule has 2 aromatic carbocycles. The first-order chi connectivity index (χ1) is 8.72. The van der Waals surface area contributed by atoms with Crippen molar-refractivity contribution in [2.75, 3.05) is 6.54 Å². The molecule has 0 bridgehead atoms. The van der Waals surface area contributed by atoms with Crippen LogP contribution in [0.1, 0.15) is 11.7 Å². The van der Waals surface area contributed by atoms with Crippen molar-refractivity contribution in [3.8, 4) is 5.75 Å². The molecule has 2 N–H and O–H groups in total. The zero-order valence-corrected chi connectivity index (χ0v) is 9.64. The third-order valence-corrected chi connectivity index (χ3v) is 2.57. The van der Waals surface area contributed by atoms with Crippen molar-refractivity contribution < 1.29 is 13.5 Å². The lowest BCUT2D eigenvalue weighted by atomic mass is 10.1. The van der Waals surface area contributed by atoms with Crippen LogP contribution >= 0.6 is 0 Å². The van der Waals surface area contributed by atoms with Gasteiger partial charge in [-0.3, -0.25) is 0 Å². The van der Waals surface area contributed by atoms with E-state index in [-0.39, 0.29) is 12.3 Å². The molecule has 4 heteroatoms. The van der Waals surface area contributed by atoms with E-state index in [1.807, 2.05) is 30.3 Å². The summed E-state index contributed by atoms with van der Waals surface area (Å²) in [5.41, 5.74) is 6.42. The van der Waals surface area contributed by atoms with Crippen molar-refractivity contribution >= 4 is 0 Å². The predicted molar refractivity (Wildman–Crippen MR) is 65.2 cm³/mol. The van der Waals surface area contributed by atoms with Gasteiger partial charge in [-0.2, -0.15) is 4.39 Å². The highest BCUT2D eigenvalue weighted by atomic mass is 19.2. The molecule has 0 aliphatic carbocycles. The molecule has 0 aliphatic heterocycles. The number of benzene rings is 2. The Morgan fingerprint density at radius 2 is 1.72 bits per heavy atom. The summed E-state index contributed by atoms with van der Waals surface area (Å²) in [6.07, 6.45) is -0.498. The summed E-state index contributed by atoms with van der Waals surface area (Å²) >= 11 is 0. The van der Waals surface area contributed by atoms with Crippen LogP contribution in [-0.4, -0.2) is 6.54 Å². The summed E-state index contributed by atoms with van der Waals surface area (Å²) in [7, 11) is 0. The molecular weight excluding hydrogens is 236 g/mol. The Labute approximate surface area is 104 Å². The van der Waals surface area contributed by atoms with Crippen molar-refractivity contribution in [2.45, 2.75) is 6.10 Å². The van der Waals surface area contributed by atoms with Crippen molar-refractivity contribution in [3.63, 3.8) is 0 Å². The first-order valence-corrected chi connectivity index (χ1v) is 5.58. The second-order valence-electron chi connectivity index (χ2n) is 3.80. The van der Waals surface area contributed by atoms with E-state index in [1.54, 1.807) is 0 Å². The van der Waals surface area contributed by atoms with Gasteiger partial charge in [0.1, 0.15) is 6.10 Å². The summed E-state index contributed by atoms with van der Waals surface area (Å²) in [4.78, 5) is 0. The van der Waals surface area contributed by atoms with Crippen LogP contribution in [0, 0.1) is 11.6 Å². The van der Waals surface area contributed by atoms with Gasteiger partial charge in [0.15, 0.2) is 11.6 Å². The topological polar surface area (TPSA) is 35.2 Å². The van der Waals surface area contributed by atoms with Crippen LogP contribution in [0.4, 0.5) is 8.78 Å². The summed E-state index contributed by atoms with van der Waals surface area (Å²) in [6, 6.07) is 13.0. The third-order valence-electron chi connectivity index (χ3n) is 2.57. The molecule has 2 nitrogen and oxygen atoms in total. The lowest BCUT2D eigenvalue weighted by Gasteiger charge is -2.18. The average molecular weight is 249 g/mol. The van der Waals surface area contributed by atoms with Gasteiger partial charge in [0.25, 0.3) is 0 Å². The third kappa shape index (κ3) is 2.65. The van der Waals surface area contributed by atoms with E-state index in [4.69, 9.17) is 10.5 Å². The smallest absolute Gasteiger partial charge is 0.200 e. The Kier molecular flexibility index (Phi) is 3.89. The number of hydrogen-bond donors (Lipinski definition) is 1. The molecule has 1 atom stereocenters. The van der Waals surface area contributed by atoms with Gasteiger partial charge in [-0.25, -0.2) is 4.39 Å². The molecule has 0 fully saturated rings. The molecule has 0 heterocycles. The normalized spacial score (nSPS) is 12.2. The van der Waals surface area contributed by atoms with E-state index in [2.05, 4.69) is 0 Å². The van der Waals surface area contributed by atoms with Crippen LogP contribution in [0.15, 0.2) is 48.5 Å². The molecule has 0 spiro atoms. The Morgan fingerprint density at radius 1 is 1.00 bits per heavy atom. The molecule has 94 valence electrons. The molecule has 2 rings (SSSR count). The maximum atomic E-state index is 13.5. The minimum Gasteiger partial charge on any atom is -0.481 e. The van der Waals surface area contributed by atoms with Gasteiger partial charge in [0, 0.05) is 6.54 Å². The van der Waals surface area contributed by atoms with Crippen molar-refractivity contribution in [2.24, 2.45) is 5.73 Å². The van der Waals surface area contributed by atoms with Crippen LogP contribution in [0.3, 0.4) is 0 Å². The Bertz CT molecular complexity index is 516. The number of rotatable bonds is 4. The van der Waals surface area contributed by atoms with E-state index in [0.717, 1.165) is 11.6 Å². The largest absolute Gasteiger partial charge is 0.481 e. The van der Waals surface area contributed by atoms with E-state index in [9.17, 15) is 8.78 Å². The fraction of sp³-hybridized carbons (Fsp3) is 0.143. The SMILES string of the molecule is NCC(Oc1cccc(F)c1F)c1ccccc1. The lowest BCUT2D eigenvalue weighted by Crippen LogP contribution is -2.19. The highest BCUT2D eigenvalue weighted by Gasteiger charge is 2.15. The lowest BCUT2D eigenvalue weighted by molar-refractivity contribution is 0.202. The standard InChI is InChI=1S/C14H13F2NO/c15-11-7-4-8-12(14(11)16)18-13(9-17)10-5-2-1-3-6-10/h1-8,13H,9,17H2. The molecular formula is C14H13F2NO. The van der Waals surface area contributed by atoms with E-state index in [1.165, 1.54) is 12.1 Å². The van der Waals surface area contributed by atoms with Crippen molar-refractivity contribution in [1.82, 2.24) is 0 Å². The van der Waals surface area contributed by atoms with E-state index in [0.29, 0.717) is 0 Å². The number of hydrogen-bond acceptors (Lipinski definition) is 2. The van der Waals surface area contributed by atoms with Crippen molar-refractivity contribution in [3.05, 3.63) is 65.7 Å². The molecule has 0 saturated carbocycles. The van der Waals surface area contributed by atoms with Crippen LogP contribution < -0.4 is 10.5 Å². The van der Waals surface area contributed by atoms with E-state index >= 15 is 0 Å². The van der Waals surface area contributed by atoms with Gasteiger partial charge in [0.05, 0.1) is 0 Å². The molecule has 18 heavy (non-hydrogen) atoms. The minimum atomic E-state index is -0.994. The highest BCUT2D eigenvalue weighted by molar-refractivity contribution is 5.27. The summed E-state index contributed by atoms with van der Waals surface area (Å²) in [6.45, 7) is 0.181. The van der Waals surface area contributed by atoms with Crippen molar-refractivity contribution in [1.29, 1.82) is 0 Å². The molecule has 2 aromatic rings. The number of ether oxygens (including phenoxy) is 1. The van der Waals surface area contributed by atoms with Gasteiger partial charge < -0.3 is 10.5 Å². The van der Waals surface area contributed by atoms with Gasteiger partial charge in [0.2, 0.25) is 5.82 Å². The Morgan fingerprint density at radius 3 is 2.39 bits per heavy atom. The molecule has 0 aliphatic rings. The maximum absolute atomic E-state index is 13.5. The number of nitrogens with two attached hydrogens (primary N) is 1. The minimum absolute atomic E-state index is 0.130. The highest BCUT2D eigenvalue weighted by Crippen LogP contribution is 2.25. The second-order valence-corrected chi connectivity index (χ2v) is 3.80. The fourth-order valence-corrected chi connectivity index (χ4v) is 1.65. The maximum Gasteiger partial charge on any atom is 0.200 e. The first-order valence-electron chi connectivity index (χ1n) is 5.58. The zero-order valence-electron chi connectivity index (χ0n) is 9.64. The van der Waals surface area contributed by atoms with Gasteiger partial charge in [-0.15, -0.1) is 0 Å². The molecule has 0 saturated heterocycles. The van der Waals surface area contributed by atoms with Crippen LogP contribution in [-0.2, 0) is 0 Å². The van der Waals surface area contributed by atoms with E-state index < -0.39 is 17.7 Å². The summed E-state index contributed by atoms with van der Waals surface area (Å²) < 4.78 is 31.9. The predicted octanol–water partition coefficient (Wildman–Crippen LogP) is 3.04. The van der Waals surface area contributed by atoms with Crippen LogP contribution in [0.5, 0.6) is 5.75 Å². The summed E-state index contributed by atoms with van der Waals surface area (Å²) in [5, 5.41) is 0. The fourth-order valence-electron chi connectivity index (χ4n) is 1.65. The van der Waals surface area contributed by atoms with Gasteiger partial charge in [-0.05, 0) is 17.7 Å². The number of halogens is 2. The molecule has 1 unspecified atom stereocenters. The zero-order chi connectivity index (χ0) is 13.0. The monoisotopic (exact) mass is 249 g/mol. The van der Waals surface area contributed by atoms with Gasteiger partial charge in [-0.1, -0.05) is 36.4 Å².